The molecule has 3 aromatic rings. The number of carbonyl (C=O) groups is 1. The fourth-order valence-corrected chi connectivity index (χ4v) is 3.68. The number of carbonyl (C=O) groups excluding carboxylic acids is 1. The van der Waals surface area contributed by atoms with Crippen LogP contribution in [0.15, 0.2) is 47.6 Å². The SMILES string of the molecule is Cc1ccc(NC(=O)CSc2nc3ccccc3n2CC(C)C)cc1C. The molecule has 2 aromatic carbocycles. The Morgan fingerprint density at radius 1 is 1.15 bits per heavy atom. The first-order chi connectivity index (χ1) is 12.4. The highest BCUT2D eigenvalue weighted by Gasteiger charge is 2.14. The van der Waals surface area contributed by atoms with Gasteiger partial charge in [0.2, 0.25) is 5.91 Å². The van der Waals surface area contributed by atoms with Crippen molar-refractivity contribution in [2.75, 3.05) is 11.1 Å². The molecule has 0 aliphatic rings. The van der Waals surface area contributed by atoms with Gasteiger partial charge in [-0.25, -0.2) is 4.98 Å². The Kier molecular flexibility index (Phi) is 5.67. The van der Waals surface area contributed by atoms with Gasteiger partial charge in [0.05, 0.1) is 16.8 Å². The molecule has 1 amide bonds. The number of para-hydroxylation sites is 2. The largest absolute Gasteiger partial charge is 0.325 e. The number of aryl methyl sites for hydroxylation is 2. The number of nitrogens with zero attached hydrogens (tertiary/aromatic N) is 2. The third-order valence-electron chi connectivity index (χ3n) is 4.29. The average molecular weight is 368 g/mol. The molecule has 5 heteroatoms. The maximum Gasteiger partial charge on any atom is 0.234 e. The van der Waals surface area contributed by atoms with Crippen molar-refractivity contribution >= 4 is 34.4 Å². The molecule has 4 nitrogen and oxygen atoms in total. The Labute approximate surface area is 159 Å². The molecule has 1 aromatic heterocycles. The summed E-state index contributed by atoms with van der Waals surface area (Å²) in [6.07, 6.45) is 0. The van der Waals surface area contributed by atoms with Crippen molar-refractivity contribution in [3.05, 3.63) is 53.6 Å². The van der Waals surface area contributed by atoms with Gasteiger partial charge in [-0.15, -0.1) is 0 Å². The highest BCUT2D eigenvalue weighted by molar-refractivity contribution is 7.99. The van der Waals surface area contributed by atoms with E-state index in [-0.39, 0.29) is 5.91 Å². The van der Waals surface area contributed by atoms with Crippen LogP contribution in [-0.2, 0) is 11.3 Å². The summed E-state index contributed by atoms with van der Waals surface area (Å²) in [5.41, 5.74) is 5.34. The molecule has 0 fully saturated rings. The number of thioether (sulfide) groups is 1. The minimum atomic E-state index is -0.0126. The average Bonchev–Trinajstić information content (AvgIpc) is 2.94. The van der Waals surface area contributed by atoms with Crippen LogP contribution in [0, 0.1) is 19.8 Å². The maximum absolute atomic E-state index is 12.4. The van der Waals surface area contributed by atoms with Crippen LogP contribution in [0.3, 0.4) is 0 Å². The zero-order valence-corrected chi connectivity index (χ0v) is 16.6. The predicted octanol–water partition coefficient (Wildman–Crippen LogP) is 5.04. The van der Waals surface area contributed by atoms with Crippen LogP contribution >= 0.6 is 11.8 Å². The molecule has 0 saturated heterocycles. The van der Waals surface area contributed by atoms with E-state index in [1.54, 1.807) is 0 Å². The van der Waals surface area contributed by atoms with Gasteiger partial charge >= 0.3 is 0 Å². The van der Waals surface area contributed by atoms with Gasteiger partial charge in [-0.05, 0) is 55.2 Å². The van der Waals surface area contributed by atoms with Crippen molar-refractivity contribution in [2.45, 2.75) is 39.4 Å². The van der Waals surface area contributed by atoms with E-state index < -0.39 is 0 Å². The summed E-state index contributed by atoms with van der Waals surface area (Å²) in [6.45, 7) is 9.39. The molecule has 0 radical (unpaired) electrons. The van der Waals surface area contributed by atoms with Crippen molar-refractivity contribution in [3.63, 3.8) is 0 Å². The first-order valence-corrected chi connectivity index (χ1v) is 9.88. The molecular formula is C21H25N3OS. The van der Waals surface area contributed by atoms with Crippen LogP contribution in [0.2, 0.25) is 0 Å². The number of hydrogen-bond acceptors (Lipinski definition) is 3. The van der Waals surface area contributed by atoms with E-state index in [0.717, 1.165) is 28.4 Å². The van der Waals surface area contributed by atoms with Gasteiger partial charge in [0.25, 0.3) is 0 Å². The van der Waals surface area contributed by atoms with Gasteiger partial charge in [-0.3, -0.25) is 4.79 Å². The molecule has 0 unspecified atom stereocenters. The molecule has 0 aliphatic heterocycles. The van der Waals surface area contributed by atoms with Crippen molar-refractivity contribution in [1.82, 2.24) is 9.55 Å². The Morgan fingerprint density at radius 2 is 1.92 bits per heavy atom. The number of hydrogen-bond donors (Lipinski definition) is 1. The van der Waals surface area contributed by atoms with Crippen molar-refractivity contribution < 1.29 is 4.79 Å². The van der Waals surface area contributed by atoms with E-state index >= 15 is 0 Å². The number of nitrogens with one attached hydrogen (secondary N) is 1. The minimum Gasteiger partial charge on any atom is -0.325 e. The van der Waals surface area contributed by atoms with E-state index in [1.807, 2.05) is 43.3 Å². The Balaban J connectivity index is 1.72. The van der Waals surface area contributed by atoms with Crippen LogP contribution < -0.4 is 5.32 Å². The van der Waals surface area contributed by atoms with E-state index in [0.29, 0.717) is 11.7 Å². The lowest BCUT2D eigenvalue weighted by molar-refractivity contribution is -0.113. The summed E-state index contributed by atoms with van der Waals surface area (Å²) in [6, 6.07) is 14.1. The summed E-state index contributed by atoms with van der Waals surface area (Å²) in [4.78, 5) is 17.1. The molecule has 0 aliphatic carbocycles. The van der Waals surface area contributed by atoms with E-state index in [9.17, 15) is 4.79 Å². The molecule has 0 atom stereocenters. The Hall–Kier alpha value is -2.27. The Morgan fingerprint density at radius 3 is 2.65 bits per heavy atom. The monoisotopic (exact) mass is 367 g/mol. The molecule has 136 valence electrons. The van der Waals surface area contributed by atoms with Gasteiger partial charge in [-0.1, -0.05) is 43.8 Å². The number of imidazole rings is 1. The second-order valence-corrected chi connectivity index (χ2v) is 7.97. The number of rotatable bonds is 6. The smallest absolute Gasteiger partial charge is 0.234 e. The quantitative estimate of drug-likeness (QED) is 0.621. The fraction of sp³-hybridized carbons (Fsp3) is 0.333. The Bertz CT molecular complexity index is 930. The lowest BCUT2D eigenvalue weighted by atomic mass is 10.1. The van der Waals surface area contributed by atoms with Gasteiger partial charge in [0.15, 0.2) is 5.16 Å². The standard InChI is InChI=1S/C21H25N3OS/c1-14(2)12-24-19-8-6-5-7-18(19)23-21(24)26-13-20(25)22-17-10-9-15(3)16(4)11-17/h5-11,14H,12-13H2,1-4H3,(H,22,25). The van der Waals surface area contributed by atoms with E-state index in [1.165, 1.54) is 22.9 Å². The number of anilines is 1. The fourth-order valence-electron chi connectivity index (χ4n) is 2.85. The number of benzene rings is 2. The van der Waals surface area contributed by atoms with Gasteiger partial charge in [0, 0.05) is 12.2 Å². The predicted molar refractivity (Wildman–Crippen MR) is 110 cm³/mol. The molecular weight excluding hydrogens is 342 g/mol. The number of fused-ring (bicyclic) bond motifs is 1. The summed E-state index contributed by atoms with van der Waals surface area (Å²) in [5.74, 6) is 0.839. The highest BCUT2D eigenvalue weighted by Crippen LogP contribution is 2.25. The maximum atomic E-state index is 12.4. The molecule has 0 saturated carbocycles. The normalized spacial score (nSPS) is 11.3. The first-order valence-electron chi connectivity index (χ1n) is 8.89. The van der Waals surface area contributed by atoms with Crippen LogP contribution in [-0.4, -0.2) is 21.2 Å². The molecule has 26 heavy (non-hydrogen) atoms. The van der Waals surface area contributed by atoms with Gasteiger partial charge in [0.1, 0.15) is 0 Å². The zero-order chi connectivity index (χ0) is 18.7. The topological polar surface area (TPSA) is 46.9 Å². The van der Waals surface area contributed by atoms with Gasteiger partial charge < -0.3 is 9.88 Å². The van der Waals surface area contributed by atoms with Crippen molar-refractivity contribution in [3.8, 4) is 0 Å². The lowest BCUT2D eigenvalue weighted by Crippen LogP contribution is -2.15. The number of aromatic nitrogens is 2. The lowest BCUT2D eigenvalue weighted by Gasteiger charge is -2.11. The zero-order valence-electron chi connectivity index (χ0n) is 15.7. The highest BCUT2D eigenvalue weighted by atomic mass is 32.2. The summed E-state index contributed by atoms with van der Waals surface area (Å²) in [5, 5.41) is 3.88. The second kappa shape index (κ2) is 7.96. The second-order valence-electron chi connectivity index (χ2n) is 7.02. The summed E-state index contributed by atoms with van der Waals surface area (Å²) in [7, 11) is 0. The summed E-state index contributed by atoms with van der Waals surface area (Å²) < 4.78 is 2.22. The molecule has 0 bridgehead atoms. The minimum absolute atomic E-state index is 0.0126. The molecule has 3 rings (SSSR count). The molecule has 0 spiro atoms. The van der Waals surface area contributed by atoms with Crippen LogP contribution in [0.5, 0.6) is 0 Å². The van der Waals surface area contributed by atoms with Gasteiger partial charge in [-0.2, -0.15) is 0 Å². The first kappa shape index (κ1) is 18.5. The molecule has 1 N–H and O–H groups in total. The third-order valence-corrected chi connectivity index (χ3v) is 5.27. The summed E-state index contributed by atoms with van der Waals surface area (Å²) >= 11 is 1.49. The van der Waals surface area contributed by atoms with Crippen molar-refractivity contribution in [1.29, 1.82) is 0 Å². The van der Waals surface area contributed by atoms with Crippen molar-refractivity contribution in [2.24, 2.45) is 5.92 Å². The third kappa shape index (κ3) is 4.28. The molecule has 1 heterocycles. The van der Waals surface area contributed by atoms with E-state index in [4.69, 9.17) is 4.98 Å². The van der Waals surface area contributed by atoms with Crippen LogP contribution in [0.1, 0.15) is 25.0 Å². The van der Waals surface area contributed by atoms with Crippen LogP contribution in [0.25, 0.3) is 11.0 Å². The van der Waals surface area contributed by atoms with E-state index in [2.05, 4.69) is 36.7 Å². The number of amides is 1. The van der Waals surface area contributed by atoms with Crippen LogP contribution in [0.4, 0.5) is 5.69 Å².